The highest BCUT2D eigenvalue weighted by Crippen LogP contribution is 2.25. The maximum Gasteiger partial charge on any atom is 0.164 e. The number of thiophene rings is 1. The molecule has 0 saturated heterocycles. The van der Waals surface area contributed by atoms with Crippen LogP contribution < -0.4 is 0 Å². The Balaban J connectivity index is 2.19. The van der Waals surface area contributed by atoms with Crippen molar-refractivity contribution in [3.63, 3.8) is 0 Å². The van der Waals surface area contributed by atoms with E-state index in [-0.39, 0.29) is 5.78 Å². The van der Waals surface area contributed by atoms with Crippen LogP contribution in [0.25, 0.3) is 10.1 Å². The Bertz CT molecular complexity index is 487. The Morgan fingerprint density at radius 2 is 2.25 bits per heavy atom. The highest BCUT2D eigenvalue weighted by Gasteiger charge is 2.10. The zero-order valence-electron chi connectivity index (χ0n) is 9.23. The number of benzene rings is 1. The van der Waals surface area contributed by atoms with E-state index in [1.54, 1.807) is 18.4 Å². The molecule has 2 nitrogen and oxygen atoms in total. The SMILES string of the molecule is COCCCC(=O)c1cccc2ccsc12. The molecule has 0 aliphatic carbocycles. The van der Waals surface area contributed by atoms with Crippen LogP contribution in [0.2, 0.25) is 0 Å². The van der Waals surface area contributed by atoms with Crippen molar-refractivity contribution >= 4 is 27.2 Å². The summed E-state index contributed by atoms with van der Waals surface area (Å²) in [4.78, 5) is 12.0. The van der Waals surface area contributed by atoms with Gasteiger partial charge in [-0.05, 0) is 29.3 Å². The van der Waals surface area contributed by atoms with Crippen molar-refractivity contribution in [2.75, 3.05) is 13.7 Å². The van der Waals surface area contributed by atoms with Crippen LogP contribution in [0.4, 0.5) is 0 Å². The van der Waals surface area contributed by atoms with Gasteiger partial charge in [0.05, 0.1) is 0 Å². The fraction of sp³-hybridized carbons (Fsp3) is 0.308. The van der Waals surface area contributed by atoms with Crippen LogP contribution in [0.1, 0.15) is 23.2 Å². The van der Waals surface area contributed by atoms with Crippen LogP contribution in [-0.2, 0) is 4.74 Å². The minimum atomic E-state index is 0.213. The molecule has 0 radical (unpaired) electrons. The molecule has 2 aromatic rings. The van der Waals surface area contributed by atoms with Crippen LogP contribution >= 0.6 is 11.3 Å². The molecular weight excluding hydrogens is 220 g/mol. The molecule has 0 amide bonds. The first-order chi connectivity index (χ1) is 7.83. The summed E-state index contributed by atoms with van der Waals surface area (Å²) in [6, 6.07) is 7.94. The smallest absolute Gasteiger partial charge is 0.164 e. The molecule has 1 aromatic heterocycles. The molecule has 1 aromatic carbocycles. The number of ether oxygens (including phenoxy) is 1. The van der Waals surface area contributed by atoms with E-state index in [0.29, 0.717) is 13.0 Å². The summed E-state index contributed by atoms with van der Waals surface area (Å²) in [5.41, 5.74) is 0.851. The third kappa shape index (κ3) is 2.31. The van der Waals surface area contributed by atoms with Crippen LogP contribution in [0, 0.1) is 0 Å². The minimum Gasteiger partial charge on any atom is -0.385 e. The number of methoxy groups -OCH3 is 1. The van der Waals surface area contributed by atoms with E-state index in [9.17, 15) is 4.79 Å². The van der Waals surface area contributed by atoms with Crippen molar-refractivity contribution in [2.45, 2.75) is 12.8 Å². The van der Waals surface area contributed by atoms with Gasteiger partial charge in [-0.25, -0.2) is 0 Å². The number of rotatable bonds is 5. The van der Waals surface area contributed by atoms with Crippen LogP contribution in [0.3, 0.4) is 0 Å². The van der Waals surface area contributed by atoms with Crippen molar-refractivity contribution < 1.29 is 9.53 Å². The lowest BCUT2D eigenvalue weighted by Crippen LogP contribution is -2.01. The Hall–Kier alpha value is -1.19. The molecule has 0 aliphatic rings. The fourth-order valence-electron chi connectivity index (χ4n) is 1.72. The second kappa shape index (κ2) is 5.23. The molecule has 0 saturated carbocycles. The number of Topliss-reactive ketones (excluding diaryl/α,β-unsaturated/α-hetero) is 1. The number of fused-ring (bicyclic) bond motifs is 1. The van der Waals surface area contributed by atoms with Gasteiger partial charge in [-0.15, -0.1) is 11.3 Å². The molecule has 0 bridgehead atoms. The maximum atomic E-state index is 12.0. The predicted molar refractivity (Wildman–Crippen MR) is 67.3 cm³/mol. The minimum absolute atomic E-state index is 0.213. The topological polar surface area (TPSA) is 26.3 Å². The second-order valence-electron chi connectivity index (χ2n) is 3.66. The van der Waals surface area contributed by atoms with Gasteiger partial charge in [0.15, 0.2) is 5.78 Å². The van der Waals surface area contributed by atoms with Crippen LogP contribution in [0.15, 0.2) is 29.6 Å². The van der Waals surface area contributed by atoms with Crippen molar-refractivity contribution in [1.29, 1.82) is 0 Å². The summed E-state index contributed by atoms with van der Waals surface area (Å²) in [5.74, 6) is 0.213. The molecule has 2 rings (SSSR count). The average Bonchev–Trinajstić information content (AvgIpc) is 2.76. The van der Waals surface area contributed by atoms with E-state index < -0.39 is 0 Å². The number of carbonyl (C=O) groups is 1. The average molecular weight is 234 g/mol. The Morgan fingerprint density at radius 1 is 1.38 bits per heavy atom. The standard InChI is InChI=1S/C13H14O2S/c1-15-8-3-6-12(14)11-5-2-4-10-7-9-16-13(10)11/h2,4-5,7,9H,3,6,8H2,1H3. The lowest BCUT2D eigenvalue weighted by molar-refractivity contribution is 0.0965. The van der Waals surface area contributed by atoms with Gasteiger partial charge in [0, 0.05) is 30.4 Å². The number of carbonyl (C=O) groups excluding carboxylic acids is 1. The molecule has 0 atom stereocenters. The van der Waals surface area contributed by atoms with Gasteiger partial charge in [0.25, 0.3) is 0 Å². The molecule has 0 aliphatic heterocycles. The maximum absolute atomic E-state index is 12.0. The molecule has 0 N–H and O–H groups in total. The monoisotopic (exact) mass is 234 g/mol. The summed E-state index contributed by atoms with van der Waals surface area (Å²) in [5, 5.41) is 3.18. The van der Waals surface area contributed by atoms with Crippen LogP contribution in [0.5, 0.6) is 0 Å². The van der Waals surface area contributed by atoms with E-state index in [1.165, 1.54) is 0 Å². The van der Waals surface area contributed by atoms with E-state index >= 15 is 0 Å². The summed E-state index contributed by atoms with van der Waals surface area (Å²) >= 11 is 1.63. The van der Waals surface area contributed by atoms with Gasteiger partial charge in [-0.2, -0.15) is 0 Å². The highest BCUT2D eigenvalue weighted by molar-refractivity contribution is 7.17. The molecule has 16 heavy (non-hydrogen) atoms. The van der Waals surface area contributed by atoms with Crippen LogP contribution in [-0.4, -0.2) is 19.5 Å². The number of hydrogen-bond acceptors (Lipinski definition) is 3. The Kier molecular flexibility index (Phi) is 3.70. The zero-order valence-corrected chi connectivity index (χ0v) is 10.0. The highest BCUT2D eigenvalue weighted by atomic mass is 32.1. The molecule has 1 heterocycles. The summed E-state index contributed by atoms with van der Waals surface area (Å²) < 4.78 is 6.05. The zero-order chi connectivity index (χ0) is 11.4. The van der Waals surface area contributed by atoms with Gasteiger partial charge >= 0.3 is 0 Å². The number of hydrogen-bond donors (Lipinski definition) is 0. The van der Waals surface area contributed by atoms with E-state index in [4.69, 9.17) is 4.74 Å². The van der Waals surface area contributed by atoms with Crippen molar-refractivity contribution in [2.24, 2.45) is 0 Å². The first-order valence-electron chi connectivity index (χ1n) is 5.31. The third-order valence-corrected chi connectivity index (χ3v) is 3.50. The van der Waals surface area contributed by atoms with Crippen molar-refractivity contribution in [1.82, 2.24) is 0 Å². The largest absolute Gasteiger partial charge is 0.385 e. The lowest BCUT2D eigenvalue weighted by atomic mass is 10.1. The predicted octanol–water partition coefficient (Wildman–Crippen LogP) is 3.51. The third-order valence-electron chi connectivity index (χ3n) is 2.53. The summed E-state index contributed by atoms with van der Waals surface area (Å²) in [7, 11) is 1.66. The lowest BCUT2D eigenvalue weighted by Gasteiger charge is -2.02. The quantitative estimate of drug-likeness (QED) is 0.584. The van der Waals surface area contributed by atoms with Crippen molar-refractivity contribution in [3.05, 3.63) is 35.2 Å². The molecule has 0 fully saturated rings. The second-order valence-corrected chi connectivity index (χ2v) is 4.58. The molecular formula is C13H14O2S. The van der Waals surface area contributed by atoms with Gasteiger partial charge in [-0.3, -0.25) is 4.79 Å². The molecule has 0 spiro atoms. The first-order valence-corrected chi connectivity index (χ1v) is 6.19. The Labute approximate surface area is 98.9 Å². The van der Waals surface area contributed by atoms with E-state index in [1.807, 2.05) is 29.6 Å². The first kappa shape index (κ1) is 11.3. The van der Waals surface area contributed by atoms with Gasteiger partial charge < -0.3 is 4.74 Å². The van der Waals surface area contributed by atoms with Crippen molar-refractivity contribution in [3.8, 4) is 0 Å². The van der Waals surface area contributed by atoms with Gasteiger partial charge in [-0.1, -0.05) is 12.1 Å². The summed E-state index contributed by atoms with van der Waals surface area (Å²) in [6.45, 7) is 0.645. The summed E-state index contributed by atoms with van der Waals surface area (Å²) in [6.07, 6.45) is 1.35. The molecule has 84 valence electrons. The molecule has 3 heteroatoms. The van der Waals surface area contributed by atoms with E-state index in [2.05, 4.69) is 0 Å². The van der Waals surface area contributed by atoms with E-state index in [0.717, 1.165) is 22.1 Å². The van der Waals surface area contributed by atoms with Gasteiger partial charge in [0.1, 0.15) is 0 Å². The normalized spacial score (nSPS) is 10.8. The Morgan fingerprint density at radius 3 is 3.06 bits per heavy atom. The fourth-order valence-corrected chi connectivity index (χ4v) is 2.66. The van der Waals surface area contributed by atoms with Gasteiger partial charge in [0.2, 0.25) is 0 Å². The number of ketones is 1. The molecule has 0 unspecified atom stereocenters.